The number of aliphatic hydroxyl groups excluding tert-OH is 1. The number of carbonyl (C=O) groups excluding carboxylic acids is 2. The number of unbranched alkanes of at least 4 members (excludes halogenated alkanes) is 12. The van der Waals surface area contributed by atoms with Gasteiger partial charge in [0.2, 0.25) is 0 Å². The van der Waals surface area contributed by atoms with Crippen LogP contribution in [0.2, 0.25) is 0 Å². The van der Waals surface area contributed by atoms with E-state index in [1.165, 1.54) is 44.9 Å². The average molecular weight is 841 g/mol. The van der Waals surface area contributed by atoms with Gasteiger partial charge in [0, 0.05) is 12.8 Å². The van der Waals surface area contributed by atoms with E-state index in [9.17, 15) is 14.7 Å². The van der Waals surface area contributed by atoms with Crippen LogP contribution in [0.15, 0.2) is 134 Å². The summed E-state index contributed by atoms with van der Waals surface area (Å²) < 4.78 is 10.5. The Bertz CT molecular complexity index is 1320. The first-order valence-corrected chi connectivity index (χ1v) is 24.2. The lowest BCUT2D eigenvalue weighted by Crippen LogP contribution is -2.28. The highest BCUT2D eigenvalue weighted by atomic mass is 16.6. The number of ether oxygens (including phenoxy) is 2. The number of carbonyl (C=O) groups is 2. The van der Waals surface area contributed by atoms with Gasteiger partial charge < -0.3 is 14.6 Å². The van der Waals surface area contributed by atoms with Gasteiger partial charge in [0.25, 0.3) is 0 Å². The van der Waals surface area contributed by atoms with Crippen molar-refractivity contribution in [1.29, 1.82) is 0 Å². The summed E-state index contributed by atoms with van der Waals surface area (Å²) in [5.74, 6) is -0.624. The molecule has 0 bridgehead atoms. The van der Waals surface area contributed by atoms with E-state index in [1.54, 1.807) is 0 Å². The number of hydrogen-bond acceptors (Lipinski definition) is 5. The van der Waals surface area contributed by atoms with Crippen LogP contribution < -0.4 is 0 Å². The number of allylic oxidation sites excluding steroid dienone is 22. The van der Waals surface area contributed by atoms with Gasteiger partial charge in [0.1, 0.15) is 6.61 Å². The summed E-state index contributed by atoms with van der Waals surface area (Å²) in [6, 6.07) is 0. The van der Waals surface area contributed by atoms with Crippen LogP contribution in [0.25, 0.3) is 0 Å². The summed E-state index contributed by atoms with van der Waals surface area (Å²) in [4.78, 5) is 24.1. The van der Waals surface area contributed by atoms with Gasteiger partial charge in [-0.3, -0.25) is 9.59 Å². The molecule has 0 aromatic heterocycles. The molecule has 0 radical (unpaired) electrons. The normalized spacial score (nSPS) is 13.4. The van der Waals surface area contributed by atoms with E-state index in [0.29, 0.717) is 12.8 Å². The summed E-state index contributed by atoms with van der Waals surface area (Å²) in [6.45, 7) is 3.93. The minimum atomic E-state index is -0.781. The lowest BCUT2D eigenvalue weighted by Gasteiger charge is -2.15. The Balaban J connectivity index is 3.63. The zero-order chi connectivity index (χ0) is 44.2. The molecule has 0 aromatic carbocycles. The van der Waals surface area contributed by atoms with Gasteiger partial charge in [-0.25, -0.2) is 0 Å². The van der Waals surface area contributed by atoms with Crippen molar-refractivity contribution in [2.24, 2.45) is 0 Å². The van der Waals surface area contributed by atoms with Crippen LogP contribution >= 0.6 is 0 Å². The average Bonchev–Trinajstić information content (AvgIpc) is 3.26. The zero-order valence-electron chi connectivity index (χ0n) is 38.9. The molecule has 342 valence electrons. The summed E-state index contributed by atoms with van der Waals surface area (Å²) >= 11 is 0. The second-order valence-corrected chi connectivity index (χ2v) is 15.5. The molecule has 5 heteroatoms. The quantitative estimate of drug-likeness (QED) is 0.0376. The van der Waals surface area contributed by atoms with Crippen LogP contribution in [0.4, 0.5) is 0 Å². The summed E-state index contributed by atoms with van der Waals surface area (Å²) in [5, 5.41) is 9.51. The minimum Gasteiger partial charge on any atom is -0.462 e. The first-order valence-electron chi connectivity index (χ1n) is 24.2. The largest absolute Gasteiger partial charge is 0.462 e. The van der Waals surface area contributed by atoms with Gasteiger partial charge in [-0.05, 0) is 96.3 Å². The molecule has 0 spiro atoms. The van der Waals surface area contributed by atoms with Crippen LogP contribution in [0.3, 0.4) is 0 Å². The smallest absolute Gasteiger partial charge is 0.306 e. The molecular weight excluding hydrogens is 753 g/mol. The maximum Gasteiger partial charge on any atom is 0.306 e. The van der Waals surface area contributed by atoms with E-state index in [2.05, 4.69) is 148 Å². The Morgan fingerprint density at radius 3 is 1.07 bits per heavy atom. The Kier molecular flexibility index (Phi) is 47.1. The molecular formula is C56H88O5. The van der Waals surface area contributed by atoms with Crippen molar-refractivity contribution in [2.75, 3.05) is 13.2 Å². The molecule has 0 aliphatic rings. The van der Waals surface area contributed by atoms with E-state index in [1.807, 2.05) is 0 Å². The SMILES string of the molecule is CC/C=C\C/C=C\C/C=C\C/C=C\C/C=C\C/C=C\C/C=C\C/C=C\C/C=C\C/C=C\C/C=C\CCCCCCCCCC(=O)OC(CO)COC(=O)CCCCCCCC. The molecule has 0 aromatic rings. The van der Waals surface area contributed by atoms with Crippen LogP contribution in [-0.4, -0.2) is 36.4 Å². The van der Waals surface area contributed by atoms with Crippen molar-refractivity contribution < 1.29 is 24.2 Å². The molecule has 0 amide bonds. The monoisotopic (exact) mass is 841 g/mol. The van der Waals surface area contributed by atoms with E-state index in [-0.39, 0.29) is 25.2 Å². The van der Waals surface area contributed by atoms with Crippen LogP contribution in [0.5, 0.6) is 0 Å². The lowest BCUT2D eigenvalue weighted by molar-refractivity contribution is -0.161. The lowest BCUT2D eigenvalue weighted by atomic mass is 10.1. The summed E-state index contributed by atoms with van der Waals surface area (Å²) in [7, 11) is 0. The third-order valence-corrected chi connectivity index (χ3v) is 9.71. The van der Waals surface area contributed by atoms with Crippen molar-refractivity contribution in [3.63, 3.8) is 0 Å². The molecule has 5 nitrogen and oxygen atoms in total. The fraction of sp³-hybridized carbons (Fsp3) is 0.571. The van der Waals surface area contributed by atoms with E-state index in [4.69, 9.17) is 9.47 Å². The number of rotatable bonds is 42. The molecule has 0 fully saturated rings. The fourth-order valence-corrected chi connectivity index (χ4v) is 6.09. The maximum atomic E-state index is 12.2. The molecule has 0 aliphatic carbocycles. The van der Waals surface area contributed by atoms with Crippen molar-refractivity contribution in [3.05, 3.63) is 134 Å². The van der Waals surface area contributed by atoms with Crippen molar-refractivity contribution in [2.45, 2.75) is 193 Å². The molecule has 0 aliphatic heterocycles. The molecule has 0 saturated carbocycles. The summed E-state index contributed by atoms with van der Waals surface area (Å²) in [6.07, 6.45) is 75.8. The first kappa shape index (κ1) is 57.0. The highest BCUT2D eigenvalue weighted by molar-refractivity contribution is 5.70. The Morgan fingerprint density at radius 1 is 0.393 bits per heavy atom. The molecule has 1 N–H and O–H groups in total. The number of hydrogen-bond donors (Lipinski definition) is 1. The van der Waals surface area contributed by atoms with Crippen LogP contribution in [-0.2, 0) is 19.1 Å². The van der Waals surface area contributed by atoms with Gasteiger partial charge in [0.15, 0.2) is 6.10 Å². The third kappa shape index (κ3) is 48.6. The van der Waals surface area contributed by atoms with Crippen molar-refractivity contribution in [3.8, 4) is 0 Å². The number of esters is 2. The highest BCUT2D eigenvalue weighted by Gasteiger charge is 2.16. The molecule has 0 saturated heterocycles. The minimum absolute atomic E-state index is 0.0772. The van der Waals surface area contributed by atoms with Gasteiger partial charge >= 0.3 is 11.9 Å². The third-order valence-electron chi connectivity index (χ3n) is 9.71. The fourth-order valence-electron chi connectivity index (χ4n) is 6.09. The predicted molar refractivity (Wildman–Crippen MR) is 264 cm³/mol. The van der Waals surface area contributed by atoms with Crippen LogP contribution in [0, 0.1) is 0 Å². The second kappa shape index (κ2) is 50.4. The highest BCUT2D eigenvalue weighted by Crippen LogP contribution is 2.12. The Labute approximate surface area is 375 Å². The molecule has 0 rings (SSSR count). The standard InChI is InChI=1S/C56H88O5/c1-3-5-7-9-11-12-13-14-15-16-17-18-19-20-21-22-23-24-25-26-27-28-29-30-31-32-33-34-35-36-37-38-39-40-41-42-43-44-45-47-49-51-56(59)61-54(52-57)53-60-55(58)50-48-46-10-8-6-4-2/h5,7,11-12,14-15,17-18,20-21,23-24,26-27,29-30,32-33,35-36,38-39,54,57H,3-4,6,8-10,13,16,19,22,25,28,31,34,37,40-53H2,1-2H3/b7-5-,12-11-,15-14-,18-17-,21-20-,24-23-,27-26-,30-29-,33-32-,36-35-,39-38-. The zero-order valence-corrected chi connectivity index (χ0v) is 38.9. The van der Waals surface area contributed by atoms with E-state index >= 15 is 0 Å². The molecule has 61 heavy (non-hydrogen) atoms. The van der Waals surface area contributed by atoms with E-state index in [0.717, 1.165) is 116 Å². The molecule has 1 unspecified atom stereocenters. The van der Waals surface area contributed by atoms with E-state index < -0.39 is 6.10 Å². The van der Waals surface area contributed by atoms with Gasteiger partial charge in [-0.2, -0.15) is 0 Å². The predicted octanol–water partition coefficient (Wildman–Crippen LogP) is 16.1. The Morgan fingerprint density at radius 2 is 0.705 bits per heavy atom. The summed E-state index contributed by atoms with van der Waals surface area (Å²) in [5.41, 5.74) is 0. The molecule has 1 atom stereocenters. The Hall–Kier alpha value is -3.96. The first-order chi connectivity index (χ1) is 30.1. The molecule has 0 heterocycles. The number of aliphatic hydroxyl groups is 1. The van der Waals surface area contributed by atoms with Crippen molar-refractivity contribution >= 4 is 11.9 Å². The maximum absolute atomic E-state index is 12.2. The van der Waals surface area contributed by atoms with Crippen molar-refractivity contribution in [1.82, 2.24) is 0 Å². The van der Waals surface area contributed by atoms with Gasteiger partial charge in [-0.15, -0.1) is 0 Å². The van der Waals surface area contributed by atoms with Crippen LogP contribution in [0.1, 0.15) is 187 Å². The second-order valence-electron chi connectivity index (χ2n) is 15.5. The van der Waals surface area contributed by atoms with Gasteiger partial charge in [0.05, 0.1) is 6.61 Å². The topological polar surface area (TPSA) is 72.8 Å². The van der Waals surface area contributed by atoms with Gasteiger partial charge in [-0.1, -0.05) is 212 Å².